The lowest BCUT2D eigenvalue weighted by Crippen LogP contribution is -2.53. The Morgan fingerprint density at radius 1 is 0.867 bits per heavy atom. The van der Waals surface area contributed by atoms with Crippen molar-refractivity contribution in [1.29, 1.82) is 0 Å². The minimum Gasteiger partial charge on any atom is -0.462 e. The first kappa shape index (κ1) is 35.0. The highest BCUT2D eigenvalue weighted by molar-refractivity contribution is 5.86. The largest absolute Gasteiger partial charge is 0.462 e. The number of aliphatic hydroxyl groups excluding tert-OH is 1. The maximum absolute atomic E-state index is 13.5. The molecular weight excluding hydrogens is 574 g/mol. The van der Waals surface area contributed by atoms with Crippen LogP contribution in [0.2, 0.25) is 0 Å². The topological polar surface area (TPSA) is 143 Å². The van der Waals surface area contributed by atoms with Crippen molar-refractivity contribution in [3.63, 3.8) is 0 Å². The molecule has 1 saturated carbocycles. The molecule has 0 spiro atoms. The smallest absolute Gasteiger partial charge is 0.408 e. The molecule has 3 unspecified atom stereocenters. The molecule has 4 N–H and O–H groups in total. The van der Waals surface area contributed by atoms with E-state index in [0.717, 1.165) is 24.0 Å². The SMILES string of the molecule is C=CCC(CC(=O)NC(CO)Cc1ccccc1)C(=O)NC1(COC(=O)C(CC=C)NC(=O)OCc2ccccc2)CCCC1. The van der Waals surface area contributed by atoms with E-state index in [4.69, 9.17) is 9.47 Å². The van der Waals surface area contributed by atoms with Gasteiger partial charge in [0.05, 0.1) is 24.1 Å². The van der Waals surface area contributed by atoms with Gasteiger partial charge >= 0.3 is 12.1 Å². The molecule has 3 atom stereocenters. The lowest BCUT2D eigenvalue weighted by Gasteiger charge is -2.32. The summed E-state index contributed by atoms with van der Waals surface area (Å²) < 4.78 is 10.9. The predicted molar refractivity (Wildman–Crippen MR) is 171 cm³/mol. The van der Waals surface area contributed by atoms with E-state index in [9.17, 15) is 24.3 Å². The Balaban J connectivity index is 1.56. The summed E-state index contributed by atoms with van der Waals surface area (Å²) in [5, 5.41) is 18.3. The number of rotatable bonds is 18. The van der Waals surface area contributed by atoms with Crippen LogP contribution in [-0.2, 0) is 36.9 Å². The maximum Gasteiger partial charge on any atom is 0.408 e. The van der Waals surface area contributed by atoms with Gasteiger partial charge in [0.2, 0.25) is 11.8 Å². The summed E-state index contributed by atoms with van der Waals surface area (Å²) in [4.78, 5) is 51.8. The van der Waals surface area contributed by atoms with Gasteiger partial charge in [-0.1, -0.05) is 85.7 Å². The van der Waals surface area contributed by atoms with Crippen molar-refractivity contribution < 1.29 is 33.8 Å². The Morgan fingerprint density at radius 2 is 1.49 bits per heavy atom. The average Bonchev–Trinajstić information content (AvgIpc) is 3.51. The van der Waals surface area contributed by atoms with Gasteiger partial charge in [-0.15, -0.1) is 13.2 Å². The molecule has 45 heavy (non-hydrogen) atoms. The van der Waals surface area contributed by atoms with Crippen molar-refractivity contribution >= 4 is 23.9 Å². The number of hydrogen-bond donors (Lipinski definition) is 4. The summed E-state index contributed by atoms with van der Waals surface area (Å²) >= 11 is 0. The molecule has 242 valence electrons. The summed E-state index contributed by atoms with van der Waals surface area (Å²) in [5.74, 6) is -2.04. The molecule has 0 radical (unpaired) electrons. The summed E-state index contributed by atoms with van der Waals surface area (Å²) in [5.41, 5.74) is 0.988. The van der Waals surface area contributed by atoms with Gasteiger partial charge in [0.25, 0.3) is 0 Å². The minimum absolute atomic E-state index is 0.0508. The number of allylic oxidation sites excluding steroid dienone is 1. The number of amides is 3. The third kappa shape index (κ3) is 11.9. The zero-order valence-electron chi connectivity index (χ0n) is 25.7. The fourth-order valence-corrected chi connectivity index (χ4v) is 5.37. The Morgan fingerprint density at radius 3 is 2.09 bits per heavy atom. The highest BCUT2D eigenvalue weighted by Crippen LogP contribution is 2.31. The molecular formula is C35H45N3O7. The van der Waals surface area contributed by atoms with E-state index in [1.54, 1.807) is 6.08 Å². The van der Waals surface area contributed by atoms with Crippen LogP contribution in [0.15, 0.2) is 86.0 Å². The van der Waals surface area contributed by atoms with E-state index in [1.807, 2.05) is 60.7 Å². The van der Waals surface area contributed by atoms with Crippen LogP contribution in [0.4, 0.5) is 4.79 Å². The van der Waals surface area contributed by atoms with E-state index in [1.165, 1.54) is 6.08 Å². The van der Waals surface area contributed by atoms with Crippen LogP contribution in [0.1, 0.15) is 56.1 Å². The van der Waals surface area contributed by atoms with Crippen LogP contribution in [-0.4, -0.2) is 59.8 Å². The fourth-order valence-electron chi connectivity index (χ4n) is 5.37. The van der Waals surface area contributed by atoms with Gasteiger partial charge in [-0.05, 0) is 43.2 Å². The molecule has 2 aromatic carbocycles. The molecule has 10 heteroatoms. The molecule has 0 aliphatic heterocycles. The van der Waals surface area contributed by atoms with Gasteiger partial charge < -0.3 is 30.5 Å². The van der Waals surface area contributed by atoms with Crippen LogP contribution < -0.4 is 16.0 Å². The van der Waals surface area contributed by atoms with Crippen LogP contribution in [0.25, 0.3) is 0 Å². The molecule has 1 aliphatic rings. The van der Waals surface area contributed by atoms with E-state index in [2.05, 4.69) is 29.1 Å². The second-order valence-electron chi connectivity index (χ2n) is 11.4. The molecule has 0 aromatic heterocycles. The molecule has 1 fully saturated rings. The fraction of sp³-hybridized carbons (Fsp3) is 0.429. The summed E-state index contributed by atoms with van der Waals surface area (Å²) in [6.07, 6.45) is 5.98. The van der Waals surface area contributed by atoms with Gasteiger partial charge in [0.1, 0.15) is 19.3 Å². The third-order valence-electron chi connectivity index (χ3n) is 7.80. The minimum atomic E-state index is -1.01. The van der Waals surface area contributed by atoms with E-state index < -0.39 is 35.6 Å². The molecule has 2 aromatic rings. The van der Waals surface area contributed by atoms with Crippen LogP contribution in [0, 0.1) is 5.92 Å². The van der Waals surface area contributed by atoms with Gasteiger partial charge in [-0.2, -0.15) is 0 Å². The molecule has 0 heterocycles. The quantitative estimate of drug-likeness (QED) is 0.145. The molecule has 3 rings (SSSR count). The molecule has 0 saturated heterocycles. The van der Waals surface area contributed by atoms with Crippen molar-refractivity contribution in [1.82, 2.24) is 16.0 Å². The van der Waals surface area contributed by atoms with Crippen molar-refractivity contribution in [2.45, 2.75) is 75.6 Å². The van der Waals surface area contributed by atoms with Gasteiger partial charge in [-0.25, -0.2) is 9.59 Å². The number of alkyl carbamates (subject to hydrolysis) is 1. The highest BCUT2D eigenvalue weighted by atomic mass is 16.6. The average molecular weight is 620 g/mol. The van der Waals surface area contributed by atoms with Crippen molar-refractivity contribution in [2.24, 2.45) is 5.92 Å². The van der Waals surface area contributed by atoms with Crippen molar-refractivity contribution in [3.05, 3.63) is 97.1 Å². The van der Waals surface area contributed by atoms with E-state index in [-0.39, 0.29) is 50.9 Å². The second-order valence-corrected chi connectivity index (χ2v) is 11.4. The zero-order chi connectivity index (χ0) is 32.5. The van der Waals surface area contributed by atoms with E-state index >= 15 is 0 Å². The summed E-state index contributed by atoms with van der Waals surface area (Å²) in [7, 11) is 0. The van der Waals surface area contributed by atoms with Crippen LogP contribution >= 0.6 is 0 Å². The normalized spacial score (nSPS) is 15.5. The first-order valence-corrected chi connectivity index (χ1v) is 15.4. The monoisotopic (exact) mass is 619 g/mol. The van der Waals surface area contributed by atoms with Gasteiger partial charge in [-0.3, -0.25) is 9.59 Å². The summed E-state index contributed by atoms with van der Waals surface area (Å²) in [6.45, 7) is 7.15. The number of carbonyl (C=O) groups is 4. The molecule has 10 nitrogen and oxygen atoms in total. The number of aliphatic hydroxyl groups is 1. The number of carbonyl (C=O) groups excluding carboxylic acids is 4. The number of hydrogen-bond acceptors (Lipinski definition) is 7. The molecule has 1 aliphatic carbocycles. The maximum atomic E-state index is 13.5. The first-order valence-electron chi connectivity index (χ1n) is 15.4. The van der Waals surface area contributed by atoms with Gasteiger partial charge in [0.15, 0.2) is 0 Å². The molecule has 3 amide bonds. The Bertz CT molecular complexity index is 1260. The zero-order valence-corrected chi connectivity index (χ0v) is 25.7. The lowest BCUT2D eigenvalue weighted by molar-refractivity contribution is -0.149. The first-order chi connectivity index (χ1) is 21.8. The van der Waals surface area contributed by atoms with E-state index in [0.29, 0.717) is 19.3 Å². The second kappa shape index (κ2) is 18.4. The van der Waals surface area contributed by atoms with Crippen molar-refractivity contribution in [2.75, 3.05) is 13.2 Å². The molecule has 0 bridgehead atoms. The Kier molecular flexibility index (Phi) is 14.3. The van der Waals surface area contributed by atoms with Crippen LogP contribution in [0.5, 0.6) is 0 Å². The highest BCUT2D eigenvalue weighted by Gasteiger charge is 2.39. The number of nitrogens with one attached hydrogen (secondary N) is 3. The van der Waals surface area contributed by atoms with Crippen molar-refractivity contribution in [3.8, 4) is 0 Å². The number of esters is 1. The third-order valence-corrected chi connectivity index (χ3v) is 7.80. The number of ether oxygens (including phenoxy) is 2. The number of benzene rings is 2. The Labute approximate surface area is 265 Å². The van der Waals surface area contributed by atoms with Gasteiger partial charge in [0, 0.05) is 6.42 Å². The standard InChI is InChI=1S/C35H45N3O7/c1-3-13-28(22-31(40)36-29(23-39)21-26-15-7-5-8-16-26)32(41)38-35(19-11-12-20-35)25-45-33(42)30(14-4-2)37-34(43)44-24-27-17-9-6-10-18-27/h3-10,15-18,28-30,39H,1-2,11-14,19-25H2,(H,36,40)(H,37,43)(H,38,41). The Hall–Kier alpha value is -4.44. The predicted octanol–water partition coefficient (Wildman–Crippen LogP) is 4.13. The van der Waals surface area contributed by atoms with Crippen LogP contribution in [0.3, 0.4) is 0 Å². The summed E-state index contributed by atoms with van der Waals surface area (Å²) in [6, 6.07) is 17.2. The lowest BCUT2D eigenvalue weighted by atomic mass is 9.94.